The number of nitrogens with zero attached hydrogens (tertiary/aromatic N) is 3. The maximum Gasteiger partial charge on any atom is 0.133 e. The average Bonchev–Trinajstić information content (AvgIpc) is 2.57. The predicted molar refractivity (Wildman–Crippen MR) is 56.3 cm³/mol. The average molecular weight is 210 g/mol. The van der Waals surface area contributed by atoms with E-state index in [1.165, 1.54) is 0 Å². The first-order valence-corrected chi connectivity index (χ1v) is 5.51. The Morgan fingerprint density at radius 2 is 2.40 bits per heavy atom. The third-order valence-electron chi connectivity index (χ3n) is 2.85. The van der Waals surface area contributed by atoms with Crippen LogP contribution in [-0.4, -0.2) is 32.0 Å². The number of hydrogen-bond acceptors (Lipinski definition) is 4. The Balaban J connectivity index is 2.09. The smallest absolute Gasteiger partial charge is 0.133 e. The molecule has 1 aromatic heterocycles. The first kappa shape index (κ1) is 10.6. The number of aryl methyl sites for hydroxylation is 2. The summed E-state index contributed by atoms with van der Waals surface area (Å²) in [4.78, 5) is 0. The van der Waals surface area contributed by atoms with Crippen LogP contribution in [-0.2, 0) is 19.4 Å². The molecule has 84 valence electrons. The van der Waals surface area contributed by atoms with Gasteiger partial charge in [0.05, 0.1) is 6.10 Å². The molecule has 0 amide bonds. The number of hydrogen-bond donors (Lipinski definition) is 2. The number of aliphatic hydroxyl groups is 1. The molecular weight excluding hydrogens is 192 g/mol. The van der Waals surface area contributed by atoms with Crippen molar-refractivity contribution in [2.75, 3.05) is 0 Å². The molecule has 1 aromatic rings. The van der Waals surface area contributed by atoms with Gasteiger partial charge in [-0.3, -0.25) is 0 Å². The molecular formula is C10H18N4O. The predicted octanol–water partition coefficient (Wildman–Crippen LogP) is -0.135. The van der Waals surface area contributed by atoms with Gasteiger partial charge < -0.3 is 15.4 Å². The number of aliphatic hydroxyl groups excluding tert-OH is 1. The first-order valence-electron chi connectivity index (χ1n) is 5.51. The highest BCUT2D eigenvalue weighted by Crippen LogP contribution is 2.15. The van der Waals surface area contributed by atoms with Gasteiger partial charge in [0.25, 0.3) is 0 Å². The Morgan fingerprint density at radius 1 is 1.60 bits per heavy atom. The van der Waals surface area contributed by atoms with Crippen LogP contribution in [0.25, 0.3) is 0 Å². The lowest BCUT2D eigenvalue weighted by Gasteiger charge is -2.20. The van der Waals surface area contributed by atoms with Gasteiger partial charge in [0, 0.05) is 25.4 Å². The van der Waals surface area contributed by atoms with E-state index in [0.29, 0.717) is 0 Å². The van der Waals surface area contributed by atoms with E-state index in [0.717, 1.165) is 43.9 Å². The van der Waals surface area contributed by atoms with Crippen molar-refractivity contribution < 1.29 is 5.11 Å². The summed E-state index contributed by atoms with van der Waals surface area (Å²) in [5.41, 5.74) is 5.91. The topological polar surface area (TPSA) is 77.0 Å². The molecule has 5 nitrogen and oxygen atoms in total. The fourth-order valence-electron chi connectivity index (χ4n) is 1.93. The van der Waals surface area contributed by atoms with E-state index in [1.54, 1.807) is 6.92 Å². The van der Waals surface area contributed by atoms with E-state index in [1.807, 2.05) is 0 Å². The molecule has 1 aliphatic heterocycles. The zero-order valence-corrected chi connectivity index (χ0v) is 9.06. The molecule has 0 aliphatic carbocycles. The minimum absolute atomic E-state index is 0.221. The van der Waals surface area contributed by atoms with Crippen molar-refractivity contribution in [1.29, 1.82) is 0 Å². The Bertz CT molecular complexity index is 334. The van der Waals surface area contributed by atoms with Gasteiger partial charge in [0.15, 0.2) is 0 Å². The van der Waals surface area contributed by atoms with Crippen molar-refractivity contribution >= 4 is 0 Å². The van der Waals surface area contributed by atoms with Crippen molar-refractivity contribution in [3.8, 4) is 0 Å². The van der Waals surface area contributed by atoms with Crippen LogP contribution in [0.5, 0.6) is 0 Å². The van der Waals surface area contributed by atoms with Crippen LogP contribution in [0.1, 0.15) is 31.4 Å². The number of aromatic nitrogens is 3. The van der Waals surface area contributed by atoms with Crippen molar-refractivity contribution in [1.82, 2.24) is 14.8 Å². The highest BCUT2D eigenvalue weighted by molar-refractivity contribution is 5.01. The number of fused-ring (bicyclic) bond motifs is 1. The quantitative estimate of drug-likeness (QED) is 0.728. The normalized spacial score (nSPS) is 22.5. The standard InChI is InChI=1S/C10H18N4O/c1-7(15)2-4-9-12-13-10-5-3-8(11)6-14(9)10/h7-8,15H,2-6,11H2,1H3. The van der Waals surface area contributed by atoms with Crippen LogP contribution in [0.2, 0.25) is 0 Å². The summed E-state index contributed by atoms with van der Waals surface area (Å²) >= 11 is 0. The van der Waals surface area contributed by atoms with Crippen LogP contribution < -0.4 is 5.73 Å². The summed E-state index contributed by atoms with van der Waals surface area (Å²) < 4.78 is 2.11. The van der Waals surface area contributed by atoms with E-state index in [4.69, 9.17) is 5.73 Å². The zero-order chi connectivity index (χ0) is 10.8. The summed E-state index contributed by atoms with van der Waals surface area (Å²) in [6, 6.07) is 0.221. The summed E-state index contributed by atoms with van der Waals surface area (Å²) in [5, 5.41) is 17.5. The van der Waals surface area contributed by atoms with Crippen LogP contribution in [0, 0.1) is 0 Å². The lowest BCUT2D eigenvalue weighted by Crippen LogP contribution is -2.32. The molecule has 15 heavy (non-hydrogen) atoms. The van der Waals surface area contributed by atoms with Crippen LogP contribution >= 0.6 is 0 Å². The second-order valence-corrected chi connectivity index (χ2v) is 4.33. The largest absolute Gasteiger partial charge is 0.393 e. The third kappa shape index (κ3) is 2.35. The van der Waals surface area contributed by atoms with E-state index >= 15 is 0 Å². The van der Waals surface area contributed by atoms with E-state index in [-0.39, 0.29) is 12.1 Å². The van der Waals surface area contributed by atoms with E-state index < -0.39 is 0 Å². The summed E-state index contributed by atoms with van der Waals surface area (Å²) in [7, 11) is 0. The Morgan fingerprint density at radius 3 is 3.13 bits per heavy atom. The lowest BCUT2D eigenvalue weighted by atomic mass is 10.1. The van der Waals surface area contributed by atoms with Crippen molar-refractivity contribution in [3.63, 3.8) is 0 Å². The van der Waals surface area contributed by atoms with Crippen LogP contribution in [0.4, 0.5) is 0 Å². The van der Waals surface area contributed by atoms with Gasteiger partial charge in [-0.05, 0) is 19.8 Å². The number of rotatable bonds is 3. The van der Waals surface area contributed by atoms with E-state index in [9.17, 15) is 5.11 Å². The molecule has 5 heteroatoms. The highest BCUT2D eigenvalue weighted by Gasteiger charge is 2.20. The molecule has 1 aliphatic rings. The second kappa shape index (κ2) is 4.28. The number of nitrogens with two attached hydrogens (primary N) is 1. The van der Waals surface area contributed by atoms with E-state index in [2.05, 4.69) is 14.8 Å². The molecule has 2 heterocycles. The molecule has 2 rings (SSSR count). The molecule has 0 saturated heterocycles. The van der Waals surface area contributed by atoms with Gasteiger partial charge in [-0.2, -0.15) is 0 Å². The van der Waals surface area contributed by atoms with Gasteiger partial charge >= 0.3 is 0 Å². The van der Waals surface area contributed by atoms with Crippen molar-refractivity contribution in [2.24, 2.45) is 5.73 Å². The van der Waals surface area contributed by atoms with Gasteiger partial charge in [-0.25, -0.2) is 0 Å². The second-order valence-electron chi connectivity index (χ2n) is 4.33. The Hall–Kier alpha value is -0.940. The Labute approximate surface area is 89.3 Å². The minimum Gasteiger partial charge on any atom is -0.393 e. The summed E-state index contributed by atoms with van der Waals surface area (Å²) in [5.74, 6) is 2.00. The molecule has 0 saturated carbocycles. The molecule has 3 N–H and O–H groups in total. The van der Waals surface area contributed by atoms with Gasteiger partial charge in [-0.15, -0.1) is 10.2 Å². The molecule has 0 spiro atoms. The first-order chi connectivity index (χ1) is 7.16. The fraction of sp³-hybridized carbons (Fsp3) is 0.800. The van der Waals surface area contributed by atoms with Crippen LogP contribution in [0.15, 0.2) is 0 Å². The SMILES string of the molecule is CC(O)CCc1nnc2n1CC(N)CC2. The minimum atomic E-state index is -0.282. The van der Waals surface area contributed by atoms with Gasteiger partial charge in [-0.1, -0.05) is 0 Å². The van der Waals surface area contributed by atoms with Gasteiger partial charge in [0.2, 0.25) is 0 Å². The third-order valence-corrected chi connectivity index (χ3v) is 2.85. The maximum atomic E-state index is 9.23. The molecule has 0 bridgehead atoms. The maximum absolute atomic E-state index is 9.23. The van der Waals surface area contributed by atoms with Gasteiger partial charge in [0.1, 0.15) is 11.6 Å². The Kier molecular flexibility index (Phi) is 3.02. The molecule has 2 unspecified atom stereocenters. The summed E-state index contributed by atoms with van der Waals surface area (Å²) in [6.07, 6.45) is 3.14. The molecule has 0 fully saturated rings. The molecule has 0 radical (unpaired) electrons. The lowest BCUT2D eigenvalue weighted by molar-refractivity contribution is 0.183. The molecule has 2 atom stereocenters. The van der Waals surface area contributed by atoms with Crippen LogP contribution in [0.3, 0.4) is 0 Å². The summed E-state index contributed by atoms with van der Waals surface area (Å²) in [6.45, 7) is 2.61. The zero-order valence-electron chi connectivity index (χ0n) is 9.06. The van der Waals surface area contributed by atoms with Crippen molar-refractivity contribution in [3.05, 3.63) is 11.6 Å². The fourth-order valence-corrected chi connectivity index (χ4v) is 1.93. The molecule has 0 aromatic carbocycles. The monoisotopic (exact) mass is 210 g/mol. The van der Waals surface area contributed by atoms with Crippen molar-refractivity contribution in [2.45, 2.75) is 51.3 Å². The highest BCUT2D eigenvalue weighted by atomic mass is 16.3.